The largest absolute Gasteiger partial charge is 0.390 e. The minimum absolute atomic E-state index is 0.102. The normalized spacial score (nSPS) is 20.4. The Kier molecular flexibility index (Phi) is 6.27. The van der Waals surface area contributed by atoms with Gasteiger partial charge in [0.05, 0.1) is 6.10 Å². The molecule has 0 unspecified atom stereocenters. The molecule has 24 heavy (non-hydrogen) atoms. The lowest BCUT2D eigenvalue weighted by Crippen LogP contribution is -2.42. The Labute approximate surface area is 145 Å². The number of β-amino-alcohol motifs (C(OH)–C–C–N with tert-alkyl or cyclic N) is 1. The molecule has 4 nitrogen and oxygen atoms in total. The number of amides is 1. The average molecular weight is 330 g/mol. The second kappa shape index (κ2) is 8.63. The third-order valence-electron chi connectivity index (χ3n) is 5.41. The first-order valence-corrected chi connectivity index (χ1v) is 9.44. The predicted octanol–water partition coefficient (Wildman–Crippen LogP) is 2.49. The van der Waals surface area contributed by atoms with Crippen molar-refractivity contribution in [1.82, 2.24) is 10.2 Å². The molecular formula is C20H30N2O2. The van der Waals surface area contributed by atoms with E-state index in [2.05, 4.69) is 34.5 Å². The molecule has 0 aromatic heterocycles. The molecule has 1 aromatic rings. The minimum Gasteiger partial charge on any atom is -0.390 e. The standard InChI is InChI=1S/C20H30N2O2/c23-19(13-21-20(24)12-16-6-2-1-3-7-16)15-22-11-10-17-8-4-5-9-18(17)14-22/h4-5,8-9,16,19,23H,1-3,6-7,10-15H2,(H,21,24)/t19-/m0/s1. The highest BCUT2D eigenvalue weighted by molar-refractivity contribution is 5.76. The first-order valence-electron chi connectivity index (χ1n) is 9.44. The Morgan fingerprint density at radius 1 is 1.21 bits per heavy atom. The van der Waals surface area contributed by atoms with Crippen LogP contribution in [0.25, 0.3) is 0 Å². The van der Waals surface area contributed by atoms with E-state index in [9.17, 15) is 9.90 Å². The second-order valence-corrected chi connectivity index (χ2v) is 7.42. The van der Waals surface area contributed by atoms with Gasteiger partial charge in [-0.05, 0) is 36.3 Å². The smallest absolute Gasteiger partial charge is 0.220 e. The Bertz CT molecular complexity index is 540. The van der Waals surface area contributed by atoms with Crippen LogP contribution in [0.3, 0.4) is 0 Å². The number of rotatable bonds is 6. The van der Waals surface area contributed by atoms with Crippen LogP contribution in [-0.4, -0.2) is 41.7 Å². The van der Waals surface area contributed by atoms with Gasteiger partial charge in [-0.2, -0.15) is 0 Å². The van der Waals surface area contributed by atoms with Crippen LogP contribution in [0, 0.1) is 5.92 Å². The quantitative estimate of drug-likeness (QED) is 0.842. The topological polar surface area (TPSA) is 52.6 Å². The van der Waals surface area contributed by atoms with E-state index in [1.807, 2.05) is 0 Å². The zero-order chi connectivity index (χ0) is 16.8. The van der Waals surface area contributed by atoms with Gasteiger partial charge in [-0.1, -0.05) is 43.5 Å². The monoisotopic (exact) mass is 330 g/mol. The molecule has 0 spiro atoms. The van der Waals surface area contributed by atoms with Crippen molar-refractivity contribution >= 4 is 5.91 Å². The molecule has 1 amide bonds. The van der Waals surface area contributed by atoms with Crippen LogP contribution in [0.15, 0.2) is 24.3 Å². The highest BCUT2D eigenvalue weighted by atomic mass is 16.3. The molecule has 1 fully saturated rings. The van der Waals surface area contributed by atoms with Crippen LogP contribution in [0.4, 0.5) is 0 Å². The van der Waals surface area contributed by atoms with Crippen molar-refractivity contribution in [2.45, 2.75) is 57.6 Å². The lowest BCUT2D eigenvalue weighted by molar-refractivity contribution is -0.122. The molecule has 0 bridgehead atoms. The fourth-order valence-electron chi connectivity index (χ4n) is 4.03. The summed E-state index contributed by atoms with van der Waals surface area (Å²) in [5.74, 6) is 0.652. The van der Waals surface area contributed by atoms with E-state index in [0.29, 0.717) is 25.4 Å². The summed E-state index contributed by atoms with van der Waals surface area (Å²) in [6, 6.07) is 8.52. The van der Waals surface area contributed by atoms with Gasteiger partial charge in [-0.25, -0.2) is 0 Å². The number of carbonyl (C=O) groups is 1. The van der Waals surface area contributed by atoms with Gasteiger partial charge in [0.15, 0.2) is 0 Å². The molecule has 0 saturated heterocycles. The number of hydrogen-bond acceptors (Lipinski definition) is 3. The average Bonchev–Trinajstić information content (AvgIpc) is 2.61. The van der Waals surface area contributed by atoms with Gasteiger partial charge in [-0.3, -0.25) is 9.69 Å². The van der Waals surface area contributed by atoms with Crippen LogP contribution in [-0.2, 0) is 17.8 Å². The van der Waals surface area contributed by atoms with E-state index in [4.69, 9.17) is 0 Å². The summed E-state index contributed by atoms with van der Waals surface area (Å²) in [5.41, 5.74) is 2.78. The molecule has 1 saturated carbocycles. The van der Waals surface area contributed by atoms with Gasteiger partial charge < -0.3 is 10.4 Å². The molecule has 1 aliphatic carbocycles. The molecule has 132 valence electrons. The van der Waals surface area contributed by atoms with E-state index in [1.165, 1.54) is 43.2 Å². The van der Waals surface area contributed by atoms with Crippen molar-refractivity contribution in [3.63, 3.8) is 0 Å². The van der Waals surface area contributed by atoms with Crippen molar-refractivity contribution in [2.24, 2.45) is 5.92 Å². The zero-order valence-corrected chi connectivity index (χ0v) is 14.5. The third-order valence-corrected chi connectivity index (χ3v) is 5.41. The minimum atomic E-state index is -0.495. The summed E-state index contributed by atoms with van der Waals surface area (Å²) in [5, 5.41) is 13.2. The second-order valence-electron chi connectivity index (χ2n) is 7.42. The predicted molar refractivity (Wildman–Crippen MR) is 95.6 cm³/mol. The highest BCUT2D eigenvalue weighted by Crippen LogP contribution is 2.26. The molecule has 4 heteroatoms. The number of nitrogens with zero attached hydrogens (tertiary/aromatic N) is 1. The molecular weight excluding hydrogens is 300 g/mol. The number of carbonyl (C=O) groups excluding carboxylic acids is 1. The van der Waals surface area contributed by atoms with Gasteiger partial charge in [0.2, 0.25) is 5.91 Å². The van der Waals surface area contributed by atoms with Gasteiger partial charge in [-0.15, -0.1) is 0 Å². The van der Waals surface area contributed by atoms with Crippen LogP contribution >= 0.6 is 0 Å². The number of benzene rings is 1. The van der Waals surface area contributed by atoms with Gasteiger partial charge >= 0.3 is 0 Å². The van der Waals surface area contributed by atoms with Crippen molar-refractivity contribution in [1.29, 1.82) is 0 Å². The zero-order valence-electron chi connectivity index (χ0n) is 14.5. The number of aliphatic hydroxyl groups excluding tert-OH is 1. The Balaban J connectivity index is 1.36. The lowest BCUT2D eigenvalue weighted by atomic mass is 9.87. The Morgan fingerprint density at radius 3 is 2.75 bits per heavy atom. The fourth-order valence-corrected chi connectivity index (χ4v) is 4.03. The number of aliphatic hydroxyl groups is 1. The first kappa shape index (κ1) is 17.4. The molecule has 0 radical (unpaired) electrons. The molecule has 1 aliphatic heterocycles. The lowest BCUT2D eigenvalue weighted by Gasteiger charge is -2.30. The SMILES string of the molecule is O=C(CC1CCCCC1)NC[C@H](O)CN1CCc2ccccc2C1. The fraction of sp³-hybridized carbons (Fsp3) is 0.650. The number of fused-ring (bicyclic) bond motifs is 1. The van der Waals surface area contributed by atoms with E-state index in [0.717, 1.165) is 19.5 Å². The van der Waals surface area contributed by atoms with Crippen molar-refractivity contribution < 1.29 is 9.90 Å². The first-order chi connectivity index (χ1) is 11.7. The van der Waals surface area contributed by atoms with Crippen LogP contribution in [0.5, 0.6) is 0 Å². The maximum Gasteiger partial charge on any atom is 0.220 e. The van der Waals surface area contributed by atoms with E-state index < -0.39 is 6.10 Å². The highest BCUT2D eigenvalue weighted by Gasteiger charge is 2.20. The molecule has 2 N–H and O–H groups in total. The molecule has 3 rings (SSSR count). The van der Waals surface area contributed by atoms with Gasteiger partial charge in [0, 0.05) is 32.6 Å². The molecule has 1 heterocycles. The van der Waals surface area contributed by atoms with Crippen LogP contribution in [0.2, 0.25) is 0 Å². The summed E-state index contributed by atoms with van der Waals surface area (Å²) in [4.78, 5) is 14.3. The van der Waals surface area contributed by atoms with Crippen molar-refractivity contribution in [3.8, 4) is 0 Å². The van der Waals surface area contributed by atoms with Crippen LogP contribution < -0.4 is 5.32 Å². The maximum absolute atomic E-state index is 12.0. The van der Waals surface area contributed by atoms with Crippen molar-refractivity contribution in [3.05, 3.63) is 35.4 Å². The molecule has 1 atom stereocenters. The number of hydrogen-bond donors (Lipinski definition) is 2. The van der Waals surface area contributed by atoms with Crippen molar-refractivity contribution in [2.75, 3.05) is 19.6 Å². The van der Waals surface area contributed by atoms with Crippen LogP contribution in [0.1, 0.15) is 49.7 Å². The Hall–Kier alpha value is -1.39. The molecule has 2 aliphatic rings. The summed E-state index contributed by atoms with van der Waals surface area (Å²) < 4.78 is 0. The van der Waals surface area contributed by atoms with E-state index in [-0.39, 0.29) is 5.91 Å². The Morgan fingerprint density at radius 2 is 1.96 bits per heavy atom. The van der Waals surface area contributed by atoms with Gasteiger partial charge in [0.25, 0.3) is 0 Å². The number of nitrogens with one attached hydrogen (secondary N) is 1. The summed E-state index contributed by atoms with van der Waals surface area (Å²) >= 11 is 0. The third kappa shape index (κ3) is 5.05. The molecule has 1 aromatic carbocycles. The van der Waals surface area contributed by atoms with E-state index in [1.54, 1.807) is 0 Å². The summed E-state index contributed by atoms with van der Waals surface area (Å²) in [6.45, 7) is 2.86. The van der Waals surface area contributed by atoms with E-state index >= 15 is 0 Å². The summed E-state index contributed by atoms with van der Waals surface area (Å²) in [6.07, 6.45) is 7.38. The maximum atomic E-state index is 12.0. The van der Waals surface area contributed by atoms with Gasteiger partial charge in [0.1, 0.15) is 0 Å². The summed E-state index contributed by atoms with van der Waals surface area (Å²) in [7, 11) is 0.